The third-order valence-electron chi connectivity index (χ3n) is 3.23. The number of carbonyl (C=O) groups excluding carboxylic acids is 1. The molecule has 0 unspecified atom stereocenters. The minimum absolute atomic E-state index is 0.0908. The normalized spacial score (nSPS) is 15.3. The van der Waals surface area contributed by atoms with Crippen LogP contribution in [0.5, 0.6) is 0 Å². The fourth-order valence-corrected chi connectivity index (χ4v) is 1.68. The average molecular weight is 228 g/mol. The average Bonchev–Trinajstić information content (AvgIpc) is 2.22. The zero-order chi connectivity index (χ0) is 12.9. The summed E-state index contributed by atoms with van der Waals surface area (Å²) < 4.78 is 0. The number of amides is 1. The number of hydrogen-bond acceptors (Lipinski definition) is 2. The Morgan fingerprint density at radius 1 is 1.19 bits per heavy atom. The van der Waals surface area contributed by atoms with Gasteiger partial charge in [-0.1, -0.05) is 34.6 Å². The van der Waals surface area contributed by atoms with Gasteiger partial charge in [-0.05, 0) is 25.3 Å². The van der Waals surface area contributed by atoms with Crippen molar-refractivity contribution in [3.05, 3.63) is 0 Å². The number of rotatable bonds is 6. The van der Waals surface area contributed by atoms with Crippen molar-refractivity contribution < 1.29 is 4.79 Å². The first-order chi connectivity index (χ1) is 7.31. The van der Waals surface area contributed by atoms with Crippen molar-refractivity contribution in [2.24, 2.45) is 17.8 Å². The Hall–Kier alpha value is -0.570. The lowest BCUT2D eigenvalue weighted by molar-refractivity contribution is -0.138. The third-order valence-corrected chi connectivity index (χ3v) is 3.23. The molecule has 3 nitrogen and oxygen atoms in total. The zero-order valence-electron chi connectivity index (χ0n) is 11.9. The van der Waals surface area contributed by atoms with E-state index in [1.54, 1.807) is 0 Å². The Balaban J connectivity index is 4.49. The minimum atomic E-state index is 0.0908. The minimum Gasteiger partial charge on any atom is -0.330 e. The van der Waals surface area contributed by atoms with Crippen LogP contribution in [0.4, 0.5) is 0 Å². The van der Waals surface area contributed by atoms with Crippen molar-refractivity contribution in [3.63, 3.8) is 0 Å². The second kappa shape index (κ2) is 6.89. The van der Waals surface area contributed by atoms with Crippen LogP contribution < -0.4 is 5.32 Å². The predicted molar refractivity (Wildman–Crippen MR) is 69.1 cm³/mol. The van der Waals surface area contributed by atoms with Gasteiger partial charge in [-0.15, -0.1) is 0 Å². The number of hydrogen-bond donors (Lipinski definition) is 1. The monoisotopic (exact) mass is 228 g/mol. The first-order valence-electron chi connectivity index (χ1n) is 6.25. The first kappa shape index (κ1) is 15.4. The summed E-state index contributed by atoms with van der Waals surface area (Å²) in [7, 11) is 3.81. The third kappa shape index (κ3) is 4.52. The maximum atomic E-state index is 12.2. The highest BCUT2D eigenvalue weighted by Crippen LogP contribution is 2.16. The maximum Gasteiger partial charge on any atom is 0.226 e. The molecule has 0 aromatic carbocycles. The van der Waals surface area contributed by atoms with Crippen LogP contribution in [0, 0.1) is 17.8 Å². The van der Waals surface area contributed by atoms with Gasteiger partial charge in [0.25, 0.3) is 0 Å². The van der Waals surface area contributed by atoms with E-state index in [0.29, 0.717) is 11.8 Å². The molecule has 0 heterocycles. The lowest BCUT2D eigenvalue weighted by Gasteiger charge is -2.32. The molecule has 1 amide bonds. The highest BCUT2D eigenvalue weighted by atomic mass is 16.2. The molecule has 0 rings (SSSR count). The van der Waals surface area contributed by atoms with Gasteiger partial charge in [0.05, 0.1) is 6.17 Å². The molecule has 0 aliphatic heterocycles. The molecule has 96 valence electrons. The summed E-state index contributed by atoms with van der Waals surface area (Å²) in [6, 6.07) is 0. The van der Waals surface area contributed by atoms with Crippen molar-refractivity contribution in [1.82, 2.24) is 10.2 Å². The van der Waals surface area contributed by atoms with Crippen LogP contribution >= 0.6 is 0 Å². The Labute approximate surface area is 101 Å². The van der Waals surface area contributed by atoms with Gasteiger partial charge in [-0.25, -0.2) is 0 Å². The molecular formula is C13H28N2O. The smallest absolute Gasteiger partial charge is 0.226 e. The summed E-state index contributed by atoms with van der Waals surface area (Å²) in [5.74, 6) is 1.30. The molecular weight excluding hydrogens is 200 g/mol. The Morgan fingerprint density at radius 2 is 1.69 bits per heavy atom. The van der Waals surface area contributed by atoms with Crippen LogP contribution in [0.2, 0.25) is 0 Å². The van der Waals surface area contributed by atoms with Crippen LogP contribution in [-0.2, 0) is 4.79 Å². The lowest BCUT2D eigenvalue weighted by Crippen LogP contribution is -2.48. The van der Waals surface area contributed by atoms with Crippen molar-refractivity contribution in [2.45, 2.75) is 47.2 Å². The van der Waals surface area contributed by atoms with Gasteiger partial charge < -0.3 is 10.2 Å². The van der Waals surface area contributed by atoms with Crippen molar-refractivity contribution >= 4 is 5.91 Å². The van der Waals surface area contributed by atoms with E-state index in [1.165, 1.54) is 0 Å². The van der Waals surface area contributed by atoms with E-state index < -0.39 is 0 Å². The van der Waals surface area contributed by atoms with Gasteiger partial charge in [0, 0.05) is 13.0 Å². The van der Waals surface area contributed by atoms with Crippen LogP contribution in [0.3, 0.4) is 0 Å². The van der Waals surface area contributed by atoms with E-state index >= 15 is 0 Å². The summed E-state index contributed by atoms with van der Waals surface area (Å²) in [5, 5.41) is 3.21. The summed E-state index contributed by atoms with van der Waals surface area (Å²) in [6.45, 7) is 10.5. The second-order valence-corrected chi connectivity index (χ2v) is 5.42. The molecule has 16 heavy (non-hydrogen) atoms. The molecule has 0 radical (unpaired) electrons. The van der Waals surface area contributed by atoms with E-state index in [4.69, 9.17) is 0 Å². The van der Waals surface area contributed by atoms with Gasteiger partial charge in [-0.2, -0.15) is 0 Å². The molecule has 0 aliphatic carbocycles. The first-order valence-corrected chi connectivity index (χ1v) is 6.25. The maximum absolute atomic E-state index is 12.2. The van der Waals surface area contributed by atoms with Gasteiger partial charge >= 0.3 is 0 Å². The van der Waals surface area contributed by atoms with E-state index in [-0.39, 0.29) is 18.0 Å². The number of nitrogens with one attached hydrogen (secondary N) is 1. The standard InChI is InChI=1S/C13H28N2O/c1-9(2)8-12(14-6)15(7)13(16)11(5)10(3)4/h9-12,14H,8H2,1-7H3/t11-,12-/m0/s1. The van der Waals surface area contributed by atoms with E-state index in [2.05, 4.69) is 33.0 Å². The predicted octanol–water partition coefficient (Wildman–Crippen LogP) is 2.33. The summed E-state index contributed by atoms with van der Waals surface area (Å²) in [6.07, 6.45) is 1.14. The quantitative estimate of drug-likeness (QED) is 0.708. The highest BCUT2D eigenvalue weighted by Gasteiger charge is 2.25. The number of carbonyl (C=O) groups is 1. The molecule has 0 aromatic heterocycles. The fourth-order valence-electron chi connectivity index (χ4n) is 1.68. The molecule has 1 N–H and O–H groups in total. The molecule has 0 saturated heterocycles. The molecule has 2 atom stereocenters. The van der Waals surface area contributed by atoms with E-state index in [0.717, 1.165) is 6.42 Å². The lowest BCUT2D eigenvalue weighted by atomic mass is 9.96. The van der Waals surface area contributed by atoms with Crippen LogP contribution in [0.25, 0.3) is 0 Å². The van der Waals surface area contributed by atoms with Crippen molar-refractivity contribution in [1.29, 1.82) is 0 Å². The van der Waals surface area contributed by atoms with Gasteiger partial charge in [0.15, 0.2) is 0 Å². The summed E-state index contributed by atoms with van der Waals surface area (Å²) in [4.78, 5) is 14.0. The van der Waals surface area contributed by atoms with Gasteiger partial charge in [0.2, 0.25) is 5.91 Å². The van der Waals surface area contributed by atoms with Crippen molar-refractivity contribution in [3.8, 4) is 0 Å². The Kier molecular flexibility index (Phi) is 6.65. The van der Waals surface area contributed by atoms with Gasteiger partial charge in [0.1, 0.15) is 0 Å². The molecule has 0 bridgehead atoms. The van der Waals surface area contributed by atoms with Gasteiger partial charge in [-0.3, -0.25) is 4.79 Å². The molecule has 3 heteroatoms. The van der Waals surface area contributed by atoms with Crippen LogP contribution in [0.1, 0.15) is 41.0 Å². The highest BCUT2D eigenvalue weighted by molar-refractivity contribution is 5.78. The van der Waals surface area contributed by atoms with E-state index in [1.807, 2.05) is 25.9 Å². The molecule has 0 aromatic rings. The molecule has 0 saturated carbocycles. The van der Waals surface area contributed by atoms with E-state index in [9.17, 15) is 4.79 Å². The Bertz CT molecular complexity index is 214. The zero-order valence-corrected chi connectivity index (χ0v) is 11.9. The van der Waals surface area contributed by atoms with Crippen LogP contribution in [-0.4, -0.2) is 31.1 Å². The van der Waals surface area contributed by atoms with Crippen LogP contribution in [0.15, 0.2) is 0 Å². The Morgan fingerprint density at radius 3 is 2.00 bits per heavy atom. The molecule has 0 spiro atoms. The fraction of sp³-hybridized carbons (Fsp3) is 0.923. The summed E-state index contributed by atoms with van der Waals surface area (Å²) in [5.41, 5.74) is 0. The second-order valence-electron chi connectivity index (χ2n) is 5.42. The molecule has 0 aliphatic rings. The topological polar surface area (TPSA) is 32.3 Å². The summed E-state index contributed by atoms with van der Waals surface area (Å²) >= 11 is 0. The van der Waals surface area contributed by atoms with Crippen molar-refractivity contribution in [2.75, 3.05) is 14.1 Å². The SMILES string of the molecule is CN[C@H](CC(C)C)N(C)C(=O)[C@@H](C)C(C)C. The largest absolute Gasteiger partial charge is 0.330 e. The molecule has 0 fully saturated rings. The number of nitrogens with zero attached hydrogens (tertiary/aromatic N) is 1.